The number of nitro benzene ring substituents is 1. The number of phenols is 1. The van der Waals surface area contributed by atoms with Crippen LogP contribution in [-0.2, 0) is 0 Å². The minimum Gasteiger partial charge on any atom is -0.508 e. The number of nitrogens with zero attached hydrogens (tertiary/aromatic N) is 1. The highest BCUT2D eigenvalue weighted by atomic mass is 35.5. The van der Waals surface area contributed by atoms with E-state index in [2.05, 4.69) is 0 Å². The van der Waals surface area contributed by atoms with E-state index in [4.69, 9.17) is 10.8 Å². The number of aliphatic hydroxyl groups excluding tert-OH is 1. The molecule has 0 spiro atoms. The first-order valence-corrected chi connectivity index (χ1v) is 4.40. The van der Waals surface area contributed by atoms with Crippen LogP contribution in [0.3, 0.4) is 0 Å². The first-order chi connectivity index (χ1) is 7.06. The zero-order valence-electron chi connectivity index (χ0n) is 8.37. The van der Waals surface area contributed by atoms with Crippen molar-refractivity contribution in [2.75, 3.05) is 6.61 Å². The van der Waals surface area contributed by atoms with Gasteiger partial charge in [0.15, 0.2) is 0 Å². The molecule has 0 radical (unpaired) electrons. The second-order valence-corrected chi connectivity index (χ2v) is 3.12. The van der Waals surface area contributed by atoms with Crippen LogP contribution in [0.25, 0.3) is 0 Å². The SMILES string of the molecule is Cl.N[C@@H](CCO)c1cc(O)ccc1[N+](=O)[O-]. The lowest BCUT2D eigenvalue weighted by Gasteiger charge is -2.10. The Hall–Kier alpha value is -1.37. The van der Waals surface area contributed by atoms with Gasteiger partial charge in [-0.1, -0.05) is 0 Å². The third-order valence-corrected chi connectivity index (χ3v) is 2.05. The number of hydrogen-bond acceptors (Lipinski definition) is 5. The van der Waals surface area contributed by atoms with Gasteiger partial charge in [0.25, 0.3) is 5.69 Å². The van der Waals surface area contributed by atoms with Crippen LogP contribution in [0.2, 0.25) is 0 Å². The van der Waals surface area contributed by atoms with E-state index in [1.807, 2.05) is 0 Å². The largest absolute Gasteiger partial charge is 0.508 e. The van der Waals surface area contributed by atoms with Gasteiger partial charge < -0.3 is 15.9 Å². The van der Waals surface area contributed by atoms with Crippen LogP contribution in [0.15, 0.2) is 18.2 Å². The fourth-order valence-electron chi connectivity index (χ4n) is 1.30. The monoisotopic (exact) mass is 248 g/mol. The molecule has 0 bridgehead atoms. The van der Waals surface area contributed by atoms with Crippen LogP contribution < -0.4 is 5.73 Å². The molecule has 6 nitrogen and oxygen atoms in total. The molecular weight excluding hydrogens is 236 g/mol. The molecule has 4 N–H and O–H groups in total. The van der Waals surface area contributed by atoms with E-state index >= 15 is 0 Å². The van der Waals surface area contributed by atoms with Gasteiger partial charge in [-0.3, -0.25) is 10.1 Å². The molecule has 0 unspecified atom stereocenters. The number of nitro groups is 1. The van der Waals surface area contributed by atoms with Crippen LogP contribution in [0.4, 0.5) is 5.69 Å². The van der Waals surface area contributed by atoms with Crippen molar-refractivity contribution in [2.24, 2.45) is 5.73 Å². The molecule has 1 aromatic rings. The summed E-state index contributed by atoms with van der Waals surface area (Å²) in [6.07, 6.45) is 0.213. The van der Waals surface area contributed by atoms with Gasteiger partial charge in [-0.25, -0.2) is 0 Å². The van der Waals surface area contributed by atoms with Crippen LogP contribution in [0, 0.1) is 10.1 Å². The van der Waals surface area contributed by atoms with Gasteiger partial charge in [-0.05, 0) is 18.6 Å². The van der Waals surface area contributed by atoms with E-state index in [-0.39, 0.29) is 42.4 Å². The summed E-state index contributed by atoms with van der Waals surface area (Å²) in [6.45, 7) is -0.159. The standard InChI is InChI=1S/C9H12N2O4.ClH/c10-8(3-4-12)7-5-6(13)1-2-9(7)11(14)15;/h1-2,5,8,12-13H,3-4,10H2;1H/t8-;/m0./s1. The zero-order chi connectivity index (χ0) is 11.4. The summed E-state index contributed by atoms with van der Waals surface area (Å²) in [6, 6.07) is 3.02. The summed E-state index contributed by atoms with van der Waals surface area (Å²) in [5.74, 6) is -0.0796. The van der Waals surface area contributed by atoms with Gasteiger partial charge in [-0.15, -0.1) is 12.4 Å². The summed E-state index contributed by atoms with van der Waals surface area (Å²) in [5, 5.41) is 28.5. The van der Waals surface area contributed by atoms with E-state index in [1.54, 1.807) is 0 Å². The Labute approximate surface area is 98.3 Å². The van der Waals surface area contributed by atoms with Gasteiger partial charge in [-0.2, -0.15) is 0 Å². The zero-order valence-corrected chi connectivity index (χ0v) is 9.18. The van der Waals surface area contributed by atoms with Gasteiger partial charge >= 0.3 is 0 Å². The number of aromatic hydroxyl groups is 1. The van der Waals surface area contributed by atoms with E-state index in [0.717, 1.165) is 0 Å². The van der Waals surface area contributed by atoms with Crippen LogP contribution in [0.5, 0.6) is 5.75 Å². The molecule has 1 atom stereocenters. The lowest BCUT2D eigenvalue weighted by Crippen LogP contribution is -2.13. The molecule has 0 aliphatic carbocycles. The average Bonchev–Trinajstić information content (AvgIpc) is 2.17. The van der Waals surface area contributed by atoms with Crippen molar-refractivity contribution in [2.45, 2.75) is 12.5 Å². The highest BCUT2D eigenvalue weighted by Crippen LogP contribution is 2.28. The van der Waals surface area contributed by atoms with E-state index < -0.39 is 11.0 Å². The van der Waals surface area contributed by atoms with Gasteiger partial charge in [0, 0.05) is 18.7 Å². The van der Waals surface area contributed by atoms with Crippen molar-refractivity contribution in [3.63, 3.8) is 0 Å². The maximum absolute atomic E-state index is 10.6. The quantitative estimate of drug-likeness (QED) is 0.546. The number of rotatable bonds is 4. The van der Waals surface area contributed by atoms with Crippen molar-refractivity contribution in [3.8, 4) is 5.75 Å². The summed E-state index contributed by atoms with van der Waals surface area (Å²) in [7, 11) is 0. The summed E-state index contributed by atoms with van der Waals surface area (Å²) in [4.78, 5) is 10.1. The summed E-state index contributed by atoms with van der Waals surface area (Å²) < 4.78 is 0. The summed E-state index contributed by atoms with van der Waals surface area (Å²) in [5.41, 5.74) is 5.72. The third kappa shape index (κ3) is 3.34. The normalized spacial score (nSPS) is 11.6. The van der Waals surface area contributed by atoms with E-state index in [0.29, 0.717) is 0 Å². The predicted molar refractivity (Wildman–Crippen MR) is 60.6 cm³/mol. The Kier molecular flexibility index (Phi) is 5.73. The van der Waals surface area contributed by atoms with Crippen molar-refractivity contribution in [1.82, 2.24) is 0 Å². The minimum absolute atomic E-state index is 0. The van der Waals surface area contributed by atoms with Crippen molar-refractivity contribution in [1.29, 1.82) is 0 Å². The van der Waals surface area contributed by atoms with Crippen molar-refractivity contribution in [3.05, 3.63) is 33.9 Å². The fraction of sp³-hybridized carbons (Fsp3) is 0.333. The minimum atomic E-state index is -0.650. The smallest absolute Gasteiger partial charge is 0.274 e. The second kappa shape index (κ2) is 6.26. The fourth-order valence-corrected chi connectivity index (χ4v) is 1.30. The molecule has 16 heavy (non-hydrogen) atoms. The average molecular weight is 249 g/mol. The van der Waals surface area contributed by atoms with E-state index in [1.165, 1.54) is 18.2 Å². The Morgan fingerprint density at radius 2 is 2.12 bits per heavy atom. The molecular formula is C9H13ClN2O4. The molecule has 90 valence electrons. The van der Waals surface area contributed by atoms with Crippen LogP contribution in [0.1, 0.15) is 18.0 Å². The number of halogens is 1. The molecule has 0 aliphatic rings. The molecule has 7 heteroatoms. The van der Waals surface area contributed by atoms with Crippen LogP contribution >= 0.6 is 12.4 Å². The third-order valence-electron chi connectivity index (χ3n) is 2.05. The van der Waals surface area contributed by atoms with Crippen molar-refractivity contribution >= 4 is 18.1 Å². The van der Waals surface area contributed by atoms with Crippen molar-refractivity contribution < 1.29 is 15.1 Å². The highest BCUT2D eigenvalue weighted by molar-refractivity contribution is 5.85. The molecule has 0 saturated carbocycles. The Bertz CT molecular complexity index is 373. The van der Waals surface area contributed by atoms with Crippen LogP contribution in [-0.4, -0.2) is 21.7 Å². The maximum atomic E-state index is 10.6. The first kappa shape index (κ1) is 14.6. The Balaban J connectivity index is 0.00000225. The van der Waals surface area contributed by atoms with Gasteiger partial charge in [0.05, 0.1) is 10.5 Å². The number of phenolic OH excluding ortho intramolecular Hbond substituents is 1. The topological polar surface area (TPSA) is 110 Å². The lowest BCUT2D eigenvalue weighted by molar-refractivity contribution is -0.385. The molecule has 0 amide bonds. The second-order valence-electron chi connectivity index (χ2n) is 3.12. The lowest BCUT2D eigenvalue weighted by atomic mass is 10.0. The molecule has 0 fully saturated rings. The van der Waals surface area contributed by atoms with E-state index in [9.17, 15) is 15.2 Å². The molecule has 1 rings (SSSR count). The Morgan fingerprint density at radius 3 is 2.62 bits per heavy atom. The highest BCUT2D eigenvalue weighted by Gasteiger charge is 2.19. The molecule has 0 saturated heterocycles. The predicted octanol–water partition coefficient (Wildman–Crippen LogP) is 1.10. The summed E-state index contributed by atoms with van der Waals surface area (Å²) >= 11 is 0. The molecule has 0 aromatic heterocycles. The molecule has 1 aromatic carbocycles. The molecule has 0 aliphatic heterocycles. The number of aliphatic hydroxyl groups is 1. The number of nitrogens with two attached hydrogens (primary N) is 1. The number of hydrogen-bond donors (Lipinski definition) is 3. The molecule has 0 heterocycles. The van der Waals surface area contributed by atoms with Gasteiger partial charge in [0.1, 0.15) is 5.75 Å². The Morgan fingerprint density at radius 1 is 1.50 bits per heavy atom. The maximum Gasteiger partial charge on any atom is 0.274 e. The number of benzene rings is 1. The van der Waals surface area contributed by atoms with Gasteiger partial charge in [0.2, 0.25) is 0 Å². The first-order valence-electron chi connectivity index (χ1n) is 4.40.